The van der Waals surface area contributed by atoms with Gasteiger partial charge in [-0.3, -0.25) is 10.00 Å². The third kappa shape index (κ3) is 2.22. The maximum absolute atomic E-state index is 9.44. The molecular formula is C11H17N5. The molecule has 0 bridgehead atoms. The quantitative estimate of drug-likeness (QED) is 0.773. The number of aromatic nitrogens is 3. The van der Waals surface area contributed by atoms with Crippen LogP contribution in [0, 0.1) is 17.2 Å². The van der Waals surface area contributed by atoms with E-state index < -0.39 is 5.54 Å². The van der Waals surface area contributed by atoms with Crippen LogP contribution >= 0.6 is 0 Å². The van der Waals surface area contributed by atoms with Crippen LogP contribution in [0.25, 0.3) is 0 Å². The highest BCUT2D eigenvalue weighted by atomic mass is 15.3. The van der Waals surface area contributed by atoms with Crippen molar-refractivity contribution in [3.63, 3.8) is 0 Å². The molecule has 0 saturated heterocycles. The molecule has 1 N–H and O–H groups in total. The van der Waals surface area contributed by atoms with E-state index in [9.17, 15) is 5.26 Å². The molecule has 1 aliphatic carbocycles. The molecule has 0 amide bonds. The lowest BCUT2D eigenvalue weighted by molar-refractivity contribution is 0.305. The summed E-state index contributed by atoms with van der Waals surface area (Å²) in [6.07, 6.45) is 6.49. The molecule has 0 radical (unpaired) electrons. The summed E-state index contributed by atoms with van der Waals surface area (Å²) in [5.74, 6) is 0.466. The van der Waals surface area contributed by atoms with Crippen molar-refractivity contribution < 1.29 is 0 Å². The fourth-order valence-electron chi connectivity index (χ4n) is 1.99. The Morgan fingerprint density at radius 2 is 2.44 bits per heavy atom. The van der Waals surface area contributed by atoms with Gasteiger partial charge in [-0.25, -0.2) is 4.98 Å². The molecule has 1 saturated carbocycles. The van der Waals surface area contributed by atoms with Gasteiger partial charge in [-0.15, -0.1) is 0 Å². The van der Waals surface area contributed by atoms with Crippen LogP contribution < -0.4 is 5.32 Å². The molecule has 1 aromatic heterocycles. The average Bonchev–Trinajstić information content (AvgIpc) is 3.05. The van der Waals surface area contributed by atoms with Crippen molar-refractivity contribution in [3.05, 3.63) is 12.7 Å². The molecule has 1 aromatic rings. The van der Waals surface area contributed by atoms with Crippen LogP contribution in [-0.2, 0) is 6.54 Å². The first-order valence-corrected chi connectivity index (χ1v) is 5.79. The zero-order valence-electron chi connectivity index (χ0n) is 9.56. The fraction of sp³-hybridized carbons (Fsp3) is 0.727. The second kappa shape index (κ2) is 4.62. The normalized spacial score (nSPS) is 19.0. The largest absolute Gasteiger partial charge is 0.298 e. The van der Waals surface area contributed by atoms with Gasteiger partial charge in [0.2, 0.25) is 0 Å². The number of nitrogens with zero attached hydrogens (tertiary/aromatic N) is 4. The van der Waals surface area contributed by atoms with Crippen molar-refractivity contribution in [1.82, 2.24) is 20.1 Å². The molecule has 1 unspecified atom stereocenters. The summed E-state index contributed by atoms with van der Waals surface area (Å²) >= 11 is 0. The molecule has 1 heterocycles. The summed E-state index contributed by atoms with van der Waals surface area (Å²) in [6, 6.07) is 2.45. The minimum Gasteiger partial charge on any atom is -0.298 e. The van der Waals surface area contributed by atoms with Crippen LogP contribution in [0.4, 0.5) is 0 Å². The highest BCUT2D eigenvalue weighted by Gasteiger charge is 2.45. The number of nitrogens with one attached hydrogen (secondary N) is 1. The molecule has 2 rings (SSSR count). The molecule has 0 aromatic carbocycles. The Morgan fingerprint density at radius 3 is 2.94 bits per heavy atom. The lowest BCUT2D eigenvalue weighted by atomic mass is 9.94. The number of rotatable bonds is 6. The maximum atomic E-state index is 9.44. The Morgan fingerprint density at radius 1 is 1.62 bits per heavy atom. The first-order chi connectivity index (χ1) is 7.80. The van der Waals surface area contributed by atoms with Crippen molar-refractivity contribution >= 4 is 0 Å². The van der Waals surface area contributed by atoms with Crippen LogP contribution in [0.3, 0.4) is 0 Å². The second-order valence-corrected chi connectivity index (χ2v) is 4.38. The Kier molecular flexibility index (Phi) is 3.20. The van der Waals surface area contributed by atoms with Gasteiger partial charge in [0.25, 0.3) is 0 Å². The zero-order chi connectivity index (χ0) is 11.4. The van der Waals surface area contributed by atoms with Crippen molar-refractivity contribution in [1.29, 1.82) is 5.26 Å². The van der Waals surface area contributed by atoms with E-state index in [1.54, 1.807) is 11.0 Å². The van der Waals surface area contributed by atoms with Gasteiger partial charge in [-0.2, -0.15) is 10.4 Å². The molecule has 5 heteroatoms. The van der Waals surface area contributed by atoms with E-state index in [1.165, 1.54) is 6.33 Å². The van der Waals surface area contributed by atoms with Gasteiger partial charge in [0.1, 0.15) is 18.2 Å². The Bertz CT molecular complexity index is 362. The van der Waals surface area contributed by atoms with E-state index in [4.69, 9.17) is 0 Å². The van der Waals surface area contributed by atoms with Crippen LogP contribution in [0.1, 0.15) is 26.2 Å². The number of hydrogen-bond acceptors (Lipinski definition) is 4. The predicted molar refractivity (Wildman–Crippen MR) is 59.4 cm³/mol. The molecule has 86 valence electrons. The fourth-order valence-corrected chi connectivity index (χ4v) is 1.99. The summed E-state index contributed by atoms with van der Waals surface area (Å²) in [5.41, 5.74) is -0.455. The van der Waals surface area contributed by atoms with Crippen LogP contribution in [0.5, 0.6) is 0 Å². The standard InChI is InChI=1S/C11H17N5/c1-2-5-14-11(6-12,10-3-4-10)7-16-9-13-8-15-16/h8-10,14H,2-5,7H2,1H3. The van der Waals surface area contributed by atoms with E-state index >= 15 is 0 Å². The maximum Gasteiger partial charge on any atom is 0.137 e. The average molecular weight is 219 g/mol. The summed E-state index contributed by atoms with van der Waals surface area (Å²) < 4.78 is 1.74. The summed E-state index contributed by atoms with van der Waals surface area (Å²) in [7, 11) is 0. The smallest absolute Gasteiger partial charge is 0.137 e. The van der Waals surface area contributed by atoms with Crippen LogP contribution in [-0.4, -0.2) is 26.8 Å². The van der Waals surface area contributed by atoms with Gasteiger partial charge >= 0.3 is 0 Å². The molecule has 1 aliphatic rings. The minimum atomic E-state index is -0.455. The zero-order valence-corrected chi connectivity index (χ0v) is 9.56. The van der Waals surface area contributed by atoms with Crippen molar-refractivity contribution in [2.75, 3.05) is 6.54 Å². The molecule has 0 aliphatic heterocycles. The Hall–Kier alpha value is -1.41. The van der Waals surface area contributed by atoms with Crippen molar-refractivity contribution in [3.8, 4) is 6.07 Å². The summed E-state index contributed by atoms with van der Waals surface area (Å²) in [6.45, 7) is 3.57. The minimum absolute atomic E-state index is 0.455. The van der Waals surface area contributed by atoms with Gasteiger partial charge in [0.15, 0.2) is 0 Å². The number of nitriles is 1. The first kappa shape index (κ1) is 11.1. The van der Waals surface area contributed by atoms with E-state index in [1.807, 2.05) is 0 Å². The van der Waals surface area contributed by atoms with E-state index in [-0.39, 0.29) is 0 Å². The molecule has 1 atom stereocenters. The highest BCUT2D eigenvalue weighted by molar-refractivity contribution is 5.14. The van der Waals surface area contributed by atoms with Gasteiger partial charge in [-0.05, 0) is 31.7 Å². The second-order valence-electron chi connectivity index (χ2n) is 4.38. The SMILES string of the molecule is CCCNC(C#N)(Cn1cncn1)C1CC1. The summed E-state index contributed by atoms with van der Waals surface area (Å²) in [4.78, 5) is 3.92. The molecule has 1 fully saturated rings. The molecule has 5 nitrogen and oxygen atoms in total. The molecule has 16 heavy (non-hydrogen) atoms. The molecular weight excluding hydrogens is 202 g/mol. The highest BCUT2D eigenvalue weighted by Crippen LogP contribution is 2.40. The van der Waals surface area contributed by atoms with Crippen molar-refractivity contribution in [2.45, 2.75) is 38.3 Å². The van der Waals surface area contributed by atoms with E-state index in [2.05, 4.69) is 28.4 Å². The lowest BCUT2D eigenvalue weighted by Gasteiger charge is -2.27. The van der Waals surface area contributed by atoms with Crippen molar-refractivity contribution in [2.24, 2.45) is 5.92 Å². The van der Waals surface area contributed by atoms with Gasteiger partial charge in [0, 0.05) is 0 Å². The lowest BCUT2D eigenvalue weighted by Crippen LogP contribution is -2.50. The first-order valence-electron chi connectivity index (χ1n) is 5.79. The van der Waals surface area contributed by atoms with Crippen LogP contribution in [0.15, 0.2) is 12.7 Å². The van der Waals surface area contributed by atoms with E-state index in [0.717, 1.165) is 25.8 Å². The van der Waals surface area contributed by atoms with Crippen LogP contribution in [0.2, 0.25) is 0 Å². The molecule has 0 spiro atoms. The third-order valence-electron chi connectivity index (χ3n) is 3.04. The van der Waals surface area contributed by atoms with Gasteiger partial charge in [-0.1, -0.05) is 6.92 Å². The predicted octanol–water partition coefficient (Wildman–Crippen LogP) is 0.950. The Labute approximate surface area is 95.5 Å². The number of hydrogen-bond donors (Lipinski definition) is 1. The monoisotopic (exact) mass is 219 g/mol. The third-order valence-corrected chi connectivity index (χ3v) is 3.04. The Balaban J connectivity index is 2.10. The van der Waals surface area contributed by atoms with E-state index in [0.29, 0.717) is 12.5 Å². The van der Waals surface area contributed by atoms with Gasteiger partial charge in [0.05, 0.1) is 12.6 Å². The van der Waals surface area contributed by atoms with Gasteiger partial charge < -0.3 is 0 Å². The topological polar surface area (TPSA) is 66.5 Å². The summed E-state index contributed by atoms with van der Waals surface area (Å²) in [5, 5.41) is 16.9.